The largest absolute Gasteiger partial charge is 0.496 e. The average molecular weight is 523 g/mol. The maximum absolute atomic E-state index is 13.7. The molecule has 208 valence electrons. The summed E-state index contributed by atoms with van der Waals surface area (Å²) in [6.45, 7) is 17.2. The molecule has 0 radical (unpaired) electrons. The molecule has 1 aliphatic heterocycles. The number of carboxylic acids is 1. The lowest BCUT2D eigenvalue weighted by molar-refractivity contribution is -0.152. The Kier molecular flexibility index (Phi) is 8.97. The van der Waals surface area contributed by atoms with Crippen LogP contribution in [0.3, 0.4) is 0 Å². The van der Waals surface area contributed by atoms with Crippen molar-refractivity contribution < 1.29 is 19.4 Å². The topological polar surface area (TPSA) is 78.9 Å². The zero-order chi connectivity index (χ0) is 28.4. The van der Waals surface area contributed by atoms with Gasteiger partial charge in [0.25, 0.3) is 0 Å². The lowest BCUT2D eigenvalue weighted by Gasteiger charge is -2.35. The van der Waals surface area contributed by atoms with Gasteiger partial charge in [0.05, 0.1) is 13.2 Å². The zero-order valence-corrected chi connectivity index (χ0v) is 24.5. The third-order valence-corrected chi connectivity index (χ3v) is 7.61. The molecule has 2 N–H and O–H groups in total. The van der Waals surface area contributed by atoms with Crippen LogP contribution in [0, 0.1) is 17.3 Å². The molecule has 2 aromatic rings. The number of nitrogens with zero attached hydrogens (tertiary/aromatic N) is 1. The fourth-order valence-electron chi connectivity index (χ4n) is 5.83. The van der Waals surface area contributed by atoms with Crippen molar-refractivity contribution in [3.63, 3.8) is 0 Å². The third-order valence-electron chi connectivity index (χ3n) is 7.61. The molecule has 1 saturated heterocycles. The van der Waals surface area contributed by atoms with E-state index < -0.39 is 18.1 Å². The van der Waals surface area contributed by atoms with Crippen LogP contribution in [0.4, 0.5) is 0 Å². The Bertz CT molecular complexity index is 1110. The van der Waals surface area contributed by atoms with E-state index in [1.165, 1.54) is 5.56 Å². The maximum atomic E-state index is 13.7. The highest BCUT2D eigenvalue weighted by Crippen LogP contribution is 2.48. The van der Waals surface area contributed by atoms with Crippen molar-refractivity contribution in [1.82, 2.24) is 10.2 Å². The smallest absolute Gasteiger partial charge is 0.326 e. The second-order valence-corrected chi connectivity index (χ2v) is 13.1. The molecular weight excluding hydrogens is 476 g/mol. The van der Waals surface area contributed by atoms with E-state index in [0.717, 1.165) is 16.9 Å². The van der Waals surface area contributed by atoms with Crippen LogP contribution in [0.1, 0.15) is 84.5 Å². The molecule has 38 heavy (non-hydrogen) atoms. The van der Waals surface area contributed by atoms with Gasteiger partial charge >= 0.3 is 5.97 Å². The van der Waals surface area contributed by atoms with Crippen LogP contribution in [0.2, 0.25) is 0 Å². The van der Waals surface area contributed by atoms with Crippen LogP contribution >= 0.6 is 0 Å². The van der Waals surface area contributed by atoms with Gasteiger partial charge in [-0.15, -0.1) is 0 Å². The SMILES string of the molecule is COc1ccc(C(C)(C)C)cc1CN[C@H]1[C@H](C(C)(C)C)[C@@H](C(=O)O)N(C(=O)CC(C)C)[C@H]1c1ccccc1. The van der Waals surface area contributed by atoms with E-state index in [0.29, 0.717) is 13.0 Å². The predicted octanol–water partition coefficient (Wildman–Crippen LogP) is 6.20. The highest BCUT2D eigenvalue weighted by atomic mass is 16.5. The number of nitrogens with one attached hydrogen (secondary N) is 1. The minimum absolute atomic E-state index is 0.0244. The number of likely N-dealkylation sites (tertiary alicyclic amines) is 1. The van der Waals surface area contributed by atoms with Crippen molar-refractivity contribution in [2.75, 3.05) is 7.11 Å². The number of hydrogen-bond donors (Lipinski definition) is 2. The summed E-state index contributed by atoms with van der Waals surface area (Å²) >= 11 is 0. The number of benzene rings is 2. The van der Waals surface area contributed by atoms with Crippen molar-refractivity contribution >= 4 is 11.9 Å². The number of carboxylic acid groups (broad SMARTS) is 1. The molecule has 0 bridgehead atoms. The van der Waals surface area contributed by atoms with Crippen LogP contribution in [0.5, 0.6) is 5.75 Å². The molecule has 2 aromatic carbocycles. The molecule has 1 amide bonds. The first kappa shape index (κ1) is 29.7. The van der Waals surface area contributed by atoms with Gasteiger partial charge in [-0.1, -0.05) is 97.9 Å². The van der Waals surface area contributed by atoms with Crippen molar-refractivity contribution in [3.8, 4) is 5.75 Å². The Morgan fingerprint density at radius 1 is 1.03 bits per heavy atom. The first-order chi connectivity index (χ1) is 17.7. The Balaban J connectivity index is 2.14. The van der Waals surface area contributed by atoms with Crippen molar-refractivity contribution in [2.45, 2.75) is 91.9 Å². The monoisotopic (exact) mass is 522 g/mol. The number of methoxy groups -OCH3 is 1. The summed E-state index contributed by atoms with van der Waals surface area (Å²) in [7, 11) is 1.67. The summed E-state index contributed by atoms with van der Waals surface area (Å²) in [6.07, 6.45) is 0.304. The van der Waals surface area contributed by atoms with Gasteiger partial charge < -0.3 is 20.1 Å². The van der Waals surface area contributed by atoms with E-state index in [4.69, 9.17) is 4.74 Å². The van der Waals surface area contributed by atoms with Crippen LogP contribution in [0.25, 0.3) is 0 Å². The fourth-order valence-corrected chi connectivity index (χ4v) is 5.83. The molecular formula is C32H46N2O4. The first-order valence-electron chi connectivity index (χ1n) is 13.7. The lowest BCUT2D eigenvalue weighted by Crippen LogP contribution is -2.48. The van der Waals surface area contributed by atoms with Crippen LogP contribution in [0.15, 0.2) is 48.5 Å². The number of rotatable bonds is 8. The fraction of sp³-hybridized carbons (Fsp3) is 0.562. The Hall–Kier alpha value is -2.86. The van der Waals surface area contributed by atoms with Gasteiger partial charge in [-0.25, -0.2) is 4.79 Å². The molecule has 0 unspecified atom stereocenters. The molecule has 1 fully saturated rings. The summed E-state index contributed by atoms with van der Waals surface area (Å²) in [5.74, 6) is -0.489. The van der Waals surface area contributed by atoms with Crippen molar-refractivity contribution in [3.05, 3.63) is 65.2 Å². The van der Waals surface area contributed by atoms with Crippen molar-refractivity contribution in [1.29, 1.82) is 0 Å². The molecule has 1 heterocycles. The van der Waals surface area contributed by atoms with Crippen LogP contribution < -0.4 is 10.1 Å². The molecule has 6 heteroatoms. The van der Waals surface area contributed by atoms with Gasteiger partial charge in [-0.3, -0.25) is 4.79 Å². The number of carbonyl (C=O) groups excluding carboxylic acids is 1. The molecule has 0 saturated carbocycles. The molecule has 0 aliphatic carbocycles. The average Bonchev–Trinajstić information content (AvgIpc) is 3.18. The summed E-state index contributed by atoms with van der Waals surface area (Å²) in [6, 6.07) is 14.5. The summed E-state index contributed by atoms with van der Waals surface area (Å²) < 4.78 is 5.70. The maximum Gasteiger partial charge on any atom is 0.326 e. The van der Waals surface area contributed by atoms with E-state index >= 15 is 0 Å². The molecule has 4 atom stereocenters. The molecule has 1 aliphatic rings. The highest BCUT2D eigenvalue weighted by Gasteiger charge is 2.57. The van der Waals surface area contributed by atoms with E-state index in [2.05, 4.69) is 59.0 Å². The van der Waals surface area contributed by atoms with Gasteiger partial charge in [0.1, 0.15) is 11.8 Å². The van der Waals surface area contributed by atoms with E-state index in [1.807, 2.05) is 50.2 Å². The van der Waals surface area contributed by atoms with Crippen LogP contribution in [-0.4, -0.2) is 41.1 Å². The molecule has 0 spiro atoms. The zero-order valence-electron chi connectivity index (χ0n) is 24.5. The Morgan fingerprint density at radius 2 is 1.66 bits per heavy atom. The molecule has 3 rings (SSSR count). The minimum Gasteiger partial charge on any atom is -0.496 e. The van der Waals surface area contributed by atoms with Gasteiger partial charge in [-0.05, 0) is 33.9 Å². The Morgan fingerprint density at radius 3 is 2.16 bits per heavy atom. The number of carbonyl (C=O) groups is 2. The molecule has 6 nitrogen and oxygen atoms in total. The Labute approximate surface area is 228 Å². The van der Waals surface area contributed by atoms with E-state index in [1.54, 1.807) is 12.0 Å². The third kappa shape index (κ3) is 6.40. The summed E-state index contributed by atoms with van der Waals surface area (Å²) in [5, 5.41) is 14.3. The van der Waals surface area contributed by atoms with Gasteiger partial charge in [0, 0.05) is 30.5 Å². The normalized spacial score (nSPS) is 22.1. The van der Waals surface area contributed by atoms with Gasteiger partial charge in [-0.2, -0.15) is 0 Å². The quantitative estimate of drug-likeness (QED) is 0.432. The number of ether oxygens (including phenoxy) is 1. The first-order valence-corrected chi connectivity index (χ1v) is 13.7. The highest BCUT2D eigenvalue weighted by molar-refractivity contribution is 5.85. The second-order valence-electron chi connectivity index (χ2n) is 13.1. The minimum atomic E-state index is -0.959. The lowest BCUT2D eigenvalue weighted by atomic mass is 9.72. The van der Waals surface area contributed by atoms with E-state index in [-0.39, 0.29) is 34.6 Å². The van der Waals surface area contributed by atoms with E-state index in [9.17, 15) is 14.7 Å². The standard InChI is InChI=1S/C32H46N2O4/c1-20(2)17-25(35)34-28(21-13-11-10-12-14-21)27(26(32(6,7)8)29(34)30(36)37)33-19-22-18-23(31(3,4)5)15-16-24(22)38-9/h10-16,18,20,26-29,33H,17,19H2,1-9H3,(H,36,37)/t26-,27-,28-,29-/m0/s1. The second kappa shape index (κ2) is 11.5. The number of amides is 1. The summed E-state index contributed by atoms with van der Waals surface area (Å²) in [5.41, 5.74) is 2.75. The number of hydrogen-bond acceptors (Lipinski definition) is 4. The van der Waals surface area contributed by atoms with Gasteiger partial charge in [0.2, 0.25) is 5.91 Å². The predicted molar refractivity (Wildman–Crippen MR) is 152 cm³/mol. The number of aliphatic carboxylic acids is 1. The van der Waals surface area contributed by atoms with Crippen molar-refractivity contribution in [2.24, 2.45) is 17.3 Å². The molecule has 0 aromatic heterocycles. The van der Waals surface area contributed by atoms with Gasteiger partial charge in [0.15, 0.2) is 0 Å². The summed E-state index contributed by atoms with van der Waals surface area (Å²) in [4.78, 5) is 28.2. The van der Waals surface area contributed by atoms with Crippen LogP contribution in [-0.2, 0) is 21.5 Å².